The predicted octanol–water partition coefficient (Wildman–Crippen LogP) is 2.82. The molecule has 0 aliphatic carbocycles. The molecule has 1 N–H and O–H groups in total. The second-order valence-electron chi connectivity index (χ2n) is 4.77. The van der Waals surface area contributed by atoms with Crippen molar-refractivity contribution in [3.63, 3.8) is 0 Å². The summed E-state index contributed by atoms with van der Waals surface area (Å²) >= 11 is 1.10. The standard InChI is InChI=1S/C14H16FN3O2S/c1-8-4-5-11(6-12(8)15)9(2)18-10(3)16-17-14(18)21-7-13(19)20/h4-6,9H,7H2,1-3H3,(H,19,20). The van der Waals surface area contributed by atoms with Crippen LogP contribution in [0.2, 0.25) is 0 Å². The van der Waals surface area contributed by atoms with Gasteiger partial charge in [0.15, 0.2) is 5.16 Å². The fourth-order valence-electron chi connectivity index (χ4n) is 2.04. The van der Waals surface area contributed by atoms with E-state index < -0.39 is 5.97 Å². The maximum absolute atomic E-state index is 13.7. The van der Waals surface area contributed by atoms with Gasteiger partial charge in [-0.05, 0) is 38.0 Å². The van der Waals surface area contributed by atoms with E-state index in [1.165, 1.54) is 6.07 Å². The van der Waals surface area contributed by atoms with Crippen LogP contribution in [0.15, 0.2) is 23.4 Å². The molecule has 112 valence electrons. The highest BCUT2D eigenvalue weighted by Gasteiger charge is 2.18. The van der Waals surface area contributed by atoms with Crippen LogP contribution in [0.3, 0.4) is 0 Å². The summed E-state index contributed by atoms with van der Waals surface area (Å²) in [6.45, 7) is 5.41. The molecule has 0 amide bonds. The zero-order valence-corrected chi connectivity index (χ0v) is 12.8. The van der Waals surface area contributed by atoms with Crippen LogP contribution in [0.4, 0.5) is 4.39 Å². The SMILES string of the molecule is Cc1ccc(C(C)n2c(C)nnc2SCC(=O)O)cc1F. The molecule has 0 aliphatic rings. The summed E-state index contributed by atoms with van der Waals surface area (Å²) in [6, 6.07) is 4.90. The number of thioether (sulfide) groups is 1. The van der Waals surface area contributed by atoms with Crippen molar-refractivity contribution in [2.45, 2.75) is 32.0 Å². The van der Waals surface area contributed by atoms with Gasteiger partial charge in [0.2, 0.25) is 0 Å². The number of aryl methyl sites for hydroxylation is 2. The van der Waals surface area contributed by atoms with Gasteiger partial charge in [-0.3, -0.25) is 9.36 Å². The number of nitrogens with zero attached hydrogens (tertiary/aromatic N) is 3. The Morgan fingerprint density at radius 1 is 1.43 bits per heavy atom. The van der Waals surface area contributed by atoms with Crippen LogP contribution in [0.5, 0.6) is 0 Å². The van der Waals surface area contributed by atoms with E-state index in [1.807, 2.05) is 17.6 Å². The Kier molecular flexibility index (Phi) is 4.62. The molecule has 0 fully saturated rings. The van der Waals surface area contributed by atoms with Crippen LogP contribution in [-0.2, 0) is 4.79 Å². The molecule has 1 unspecified atom stereocenters. The monoisotopic (exact) mass is 309 g/mol. The van der Waals surface area contributed by atoms with Crippen molar-refractivity contribution >= 4 is 17.7 Å². The molecule has 1 aromatic carbocycles. The maximum atomic E-state index is 13.7. The maximum Gasteiger partial charge on any atom is 0.313 e. The second kappa shape index (κ2) is 6.26. The molecule has 0 spiro atoms. The van der Waals surface area contributed by atoms with Crippen molar-refractivity contribution in [2.24, 2.45) is 0 Å². The van der Waals surface area contributed by atoms with E-state index in [0.717, 1.165) is 17.3 Å². The lowest BCUT2D eigenvalue weighted by Gasteiger charge is -2.17. The van der Waals surface area contributed by atoms with Crippen molar-refractivity contribution in [1.29, 1.82) is 0 Å². The van der Waals surface area contributed by atoms with E-state index in [9.17, 15) is 9.18 Å². The highest BCUT2D eigenvalue weighted by Crippen LogP contribution is 2.27. The van der Waals surface area contributed by atoms with Gasteiger partial charge in [0.1, 0.15) is 11.6 Å². The summed E-state index contributed by atoms with van der Waals surface area (Å²) in [5.74, 6) is -0.602. The van der Waals surface area contributed by atoms with E-state index in [1.54, 1.807) is 19.9 Å². The number of carboxylic acids is 1. The summed E-state index contributed by atoms with van der Waals surface area (Å²) in [5, 5.41) is 17.3. The van der Waals surface area contributed by atoms with Crippen molar-refractivity contribution in [3.8, 4) is 0 Å². The molecule has 0 saturated carbocycles. The second-order valence-corrected chi connectivity index (χ2v) is 5.71. The molecule has 1 heterocycles. The third-order valence-electron chi connectivity index (χ3n) is 3.23. The first kappa shape index (κ1) is 15.5. The molecule has 0 bridgehead atoms. The molecular formula is C14H16FN3O2S. The Labute approximate surface area is 126 Å². The summed E-state index contributed by atoms with van der Waals surface area (Å²) < 4.78 is 15.5. The molecule has 2 rings (SSSR count). The largest absolute Gasteiger partial charge is 0.481 e. The van der Waals surface area contributed by atoms with Gasteiger partial charge >= 0.3 is 5.97 Å². The highest BCUT2D eigenvalue weighted by atomic mass is 32.2. The van der Waals surface area contributed by atoms with Crippen molar-refractivity contribution in [2.75, 3.05) is 5.75 Å². The molecular weight excluding hydrogens is 293 g/mol. The van der Waals surface area contributed by atoms with Crippen LogP contribution >= 0.6 is 11.8 Å². The first-order valence-corrected chi connectivity index (χ1v) is 7.41. The first-order valence-electron chi connectivity index (χ1n) is 6.42. The molecule has 0 radical (unpaired) electrons. The number of carbonyl (C=O) groups is 1. The number of halogens is 1. The first-order chi connectivity index (χ1) is 9.90. The van der Waals surface area contributed by atoms with Crippen molar-refractivity contribution in [1.82, 2.24) is 14.8 Å². The molecule has 0 saturated heterocycles. The topological polar surface area (TPSA) is 68.0 Å². The summed E-state index contributed by atoms with van der Waals surface area (Å²) in [5.41, 5.74) is 1.38. The Bertz CT molecular complexity index is 672. The molecule has 21 heavy (non-hydrogen) atoms. The molecule has 5 nitrogen and oxygen atoms in total. The van der Waals surface area contributed by atoms with Crippen LogP contribution in [0.25, 0.3) is 0 Å². The lowest BCUT2D eigenvalue weighted by Crippen LogP contribution is -2.11. The number of benzene rings is 1. The Morgan fingerprint density at radius 2 is 2.14 bits per heavy atom. The Morgan fingerprint density at radius 3 is 2.76 bits per heavy atom. The normalized spacial score (nSPS) is 12.4. The Hall–Kier alpha value is -1.89. The van der Waals surface area contributed by atoms with E-state index in [2.05, 4.69) is 10.2 Å². The van der Waals surface area contributed by atoms with Gasteiger partial charge in [-0.1, -0.05) is 23.9 Å². The van der Waals surface area contributed by atoms with E-state index >= 15 is 0 Å². The van der Waals surface area contributed by atoms with Crippen LogP contribution < -0.4 is 0 Å². The predicted molar refractivity (Wildman–Crippen MR) is 78.1 cm³/mol. The van der Waals surface area contributed by atoms with Gasteiger partial charge in [0.05, 0.1) is 11.8 Å². The zero-order valence-electron chi connectivity index (χ0n) is 12.0. The van der Waals surface area contributed by atoms with E-state index in [0.29, 0.717) is 16.5 Å². The number of aromatic nitrogens is 3. The zero-order chi connectivity index (χ0) is 15.6. The van der Waals surface area contributed by atoms with Gasteiger partial charge in [0.25, 0.3) is 0 Å². The average Bonchev–Trinajstić information content (AvgIpc) is 2.80. The lowest BCUT2D eigenvalue weighted by molar-refractivity contribution is -0.133. The molecule has 0 aliphatic heterocycles. The third kappa shape index (κ3) is 3.41. The van der Waals surface area contributed by atoms with Crippen LogP contribution in [-0.4, -0.2) is 31.6 Å². The molecule has 1 atom stereocenters. The molecule has 7 heteroatoms. The Balaban J connectivity index is 2.33. The lowest BCUT2D eigenvalue weighted by atomic mass is 10.1. The minimum atomic E-state index is -0.916. The minimum absolute atomic E-state index is 0.0902. The van der Waals surface area contributed by atoms with Gasteiger partial charge < -0.3 is 5.11 Å². The highest BCUT2D eigenvalue weighted by molar-refractivity contribution is 7.99. The van der Waals surface area contributed by atoms with E-state index in [-0.39, 0.29) is 17.6 Å². The van der Waals surface area contributed by atoms with Gasteiger partial charge in [-0.25, -0.2) is 4.39 Å². The minimum Gasteiger partial charge on any atom is -0.481 e. The fourth-order valence-corrected chi connectivity index (χ4v) is 2.82. The van der Waals surface area contributed by atoms with Gasteiger partial charge in [0, 0.05) is 0 Å². The average molecular weight is 309 g/mol. The smallest absolute Gasteiger partial charge is 0.313 e. The fraction of sp³-hybridized carbons (Fsp3) is 0.357. The quantitative estimate of drug-likeness (QED) is 0.860. The number of aliphatic carboxylic acids is 1. The molecule has 2 aromatic rings. The number of hydrogen-bond donors (Lipinski definition) is 1. The summed E-state index contributed by atoms with van der Waals surface area (Å²) in [4.78, 5) is 10.7. The number of rotatable bonds is 5. The van der Waals surface area contributed by atoms with Crippen molar-refractivity contribution in [3.05, 3.63) is 41.0 Å². The summed E-state index contributed by atoms with van der Waals surface area (Å²) in [7, 11) is 0. The molecule has 1 aromatic heterocycles. The van der Waals surface area contributed by atoms with Crippen molar-refractivity contribution < 1.29 is 14.3 Å². The van der Waals surface area contributed by atoms with Crippen LogP contribution in [0, 0.1) is 19.7 Å². The number of hydrogen-bond acceptors (Lipinski definition) is 4. The summed E-state index contributed by atoms with van der Waals surface area (Å²) in [6.07, 6.45) is 0. The van der Waals surface area contributed by atoms with E-state index in [4.69, 9.17) is 5.11 Å². The third-order valence-corrected chi connectivity index (χ3v) is 4.15. The van der Waals surface area contributed by atoms with Crippen LogP contribution in [0.1, 0.15) is 29.9 Å². The van der Waals surface area contributed by atoms with Gasteiger partial charge in [-0.15, -0.1) is 10.2 Å². The van der Waals surface area contributed by atoms with Gasteiger partial charge in [-0.2, -0.15) is 0 Å². The number of carboxylic acid groups (broad SMARTS) is 1.